The van der Waals surface area contributed by atoms with Crippen LogP contribution < -0.4 is 9.47 Å². The number of rotatable bonds is 8. The van der Waals surface area contributed by atoms with E-state index in [9.17, 15) is 5.11 Å². The van der Waals surface area contributed by atoms with Gasteiger partial charge < -0.3 is 33.8 Å². The van der Waals surface area contributed by atoms with Crippen LogP contribution in [0.2, 0.25) is 5.02 Å². The Morgan fingerprint density at radius 1 is 1.13 bits per heavy atom. The topological polar surface area (TPSA) is 108 Å². The fourth-order valence-corrected chi connectivity index (χ4v) is 5.86. The molecule has 2 N–H and O–H groups in total. The summed E-state index contributed by atoms with van der Waals surface area (Å²) in [5, 5.41) is 10.4. The van der Waals surface area contributed by atoms with Gasteiger partial charge in [-0.2, -0.15) is 4.98 Å². The van der Waals surface area contributed by atoms with Gasteiger partial charge in [0, 0.05) is 6.07 Å². The molecule has 2 fully saturated rings. The first-order valence-corrected chi connectivity index (χ1v) is 13.7. The van der Waals surface area contributed by atoms with Crippen LogP contribution in [0.15, 0.2) is 18.2 Å². The summed E-state index contributed by atoms with van der Waals surface area (Å²) in [4.78, 5) is 12.3. The summed E-state index contributed by atoms with van der Waals surface area (Å²) in [6.07, 6.45) is 0.270. The van der Waals surface area contributed by atoms with E-state index in [0.717, 1.165) is 18.4 Å². The highest BCUT2D eigenvalue weighted by atomic mass is 35.5. The number of benzene rings is 1. The molecule has 1 aromatic carbocycles. The summed E-state index contributed by atoms with van der Waals surface area (Å²) in [7, 11) is 0. The molecule has 1 unspecified atom stereocenters. The number of pyridine rings is 1. The number of H-pyrrole nitrogens is 1. The summed E-state index contributed by atoms with van der Waals surface area (Å²) < 4.78 is 43.9. The van der Waals surface area contributed by atoms with Crippen molar-refractivity contribution >= 4 is 22.8 Å². The van der Waals surface area contributed by atoms with Crippen molar-refractivity contribution in [2.24, 2.45) is 0 Å². The molecule has 4 heterocycles. The minimum Gasteiger partial charge on any atom is -0.491 e. The number of aliphatic hydroxyl groups is 1. The lowest BCUT2D eigenvalue weighted by atomic mass is 9.95. The molecule has 6 rings (SSSR count). The molecule has 2 saturated heterocycles. The quantitative estimate of drug-likeness (QED) is 0.395. The van der Waals surface area contributed by atoms with Gasteiger partial charge in [0.2, 0.25) is 0 Å². The smallest absolute Gasteiger partial charge is 0.296 e. The molecule has 2 aliphatic heterocycles. The SMILES string of the molecule is CC(C)(C)OCCOc1cc(F)c2c(c1)CCC2Cc1nc2nc(O[C@@H]3CO[C@H]4[C@@H]3OC[C@H]4O)[nH]c2cc1Cl. The van der Waals surface area contributed by atoms with E-state index in [2.05, 4.69) is 15.0 Å². The zero-order valence-corrected chi connectivity index (χ0v) is 23.0. The van der Waals surface area contributed by atoms with Gasteiger partial charge in [-0.25, -0.2) is 9.37 Å². The second-order valence-electron chi connectivity index (χ2n) is 11.4. The molecule has 0 radical (unpaired) electrons. The summed E-state index contributed by atoms with van der Waals surface area (Å²) in [6, 6.07) is 5.43. The molecule has 9 nitrogen and oxygen atoms in total. The highest BCUT2D eigenvalue weighted by Crippen LogP contribution is 2.40. The van der Waals surface area contributed by atoms with E-state index >= 15 is 4.39 Å². The second-order valence-corrected chi connectivity index (χ2v) is 11.8. The van der Waals surface area contributed by atoms with E-state index in [0.29, 0.717) is 59.4 Å². The van der Waals surface area contributed by atoms with E-state index < -0.39 is 12.2 Å². The van der Waals surface area contributed by atoms with Gasteiger partial charge in [0.25, 0.3) is 6.01 Å². The van der Waals surface area contributed by atoms with Crippen LogP contribution in [-0.2, 0) is 27.1 Å². The Hall–Kier alpha value is -2.50. The molecule has 39 heavy (non-hydrogen) atoms. The van der Waals surface area contributed by atoms with Gasteiger partial charge in [-0.05, 0) is 69.2 Å². The predicted molar refractivity (Wildman–Crippen MR) is 141 cm³/mol. The first-order valence-electron chi connectivity index (χ1n) is 13.4. The first-order chi connectivity index (χ1) is 18.6. The molecule has 0 saturated carbocycles. The Morgan fingerprint density at radius 2 is 1.95 bits per heavy atom. The fraction of sp³-hybridized carbons (Fsp3) is 0.571. The number of ether oxygens (including phenoxy) is 5. The zero-order valence-electron chi connectivity index (χ0n) is 22.2. The third-order valence-corrected chi connectivity index (χ3v) is 7.74. The standard InChI is InChI=1S/C28H33ClFN3O6/c1-28(2,3)38-7-6-35-16-8-14-4-5-15(23(14)18(30)10-16)9-19-17(29)11-20-26(31-19)33-27(32-20)39-22-13-37-24-21(34)12-36-25(22)24/h8,10-11,15,21-22,24-25,34H,4-7,9,12-13H2,1-3H3,(H,31,32,33)/t15?,21-,22-,24-,25-/m1/s1. The number of imidazole rings is 1. The van der Waals surface area contributed by atoms with Crippen LogP contribution >= 0.6 is 11.6 Å². The lowest BCUT2D eigenvalue weighted by molar-refractivity contribution is -0.0163. The Morgan fingerprint density at radius 3 is 2.77 bits per heavy atom. The molecular weight excluding hydrogens is 529 g/mol. The summed E-state index contributed by atoms with van der Waals surface area (Å²) >= 11 is 6.60. The number of aliphatic hydroxyl groups excluding tert-OH is 1. The zero-order chi connectivity index (χ0) is 27.3. The van der Waals surface area contributed by atoms with Gasteiger partial charge in [0.15, 0.2) is 11.8 Å². The van der Waals surface area contributed by atoms with Gasteiger partial charge in [-0.15, -0.1) is 0 Å². The number of nitrogens with zero attached hydrogens (tertiary/aromatic N) is 2. The maximum atomic E-state index is 15.2. The molecule has 0 amide bonds. The molecule has 11 heteroatoms. The number of fused-ring (bicyclic) bond motifs is 3. The average molecular weight is 562 g/mol. The van der Waals surface area contributed by atoms with Crippen molar-refractivity contribution in [2.45, 2.75) is 76.0 Å². The van der Waals surface area contributed by atoms with Gasteiger partial charge in [0.05, 0.1) is 41.7 Å². The van der Waals surface area contributed by atoms with Gasteiger partial charge in [-0.3, -0.25) is 0 Å². The largest absolute Gasteiger partial charge is 0.491 e. The molecule has 0 spiro atoms. The highest BCUT2D eigenvalue weighted by molar-refractivity contribution is 6.31. The van der Waals surface area contributed by atoms with Gasteiger partial charge in [0.1, 0.15) is 36.5 Å². The van der Waals surface area contributed by atoms with E-state index in [4.69, 9.17) is 35.3 Å². The van der Waals surface area contributed by atoms with Crippen molar-refractivity contribution in [3.05, 3.63) is 45.9 Å². The predicted octanol–water partition coefficient (Wildman–Crippen LogP) is 4.12. The van der Waals surface area contributed by atoms with Crippen LogP contribution in [0.4, 0.5) is 4.39 Å². The summed E-state index contributed by atoms with van der Waals surface area (Å²) in [5.74, 6) is 0.196. The summed E-state index contributed by atoms with van der Waals surface area (Å²) in [6.45, 7) is 7.27. The van der Waals surface area contributed by atoms with E-state index in [1.54, 1.807) is 6.07 Å². The molecule has 5 atom stereocenters. The Bertz CT molecular complexity index is 1360. The molecular formula is C28H33ClFN3O6. The normalized spacial score (nSPS) is 26.3. The second kappa shape index (κ2) is 10.5. The van der Waals surface area contributed by atoms with E-state index in [-0.39, 0.29) is 42.2 Å². The molecule has 210 valence electrons. The molecule has 0 bridgehead atoms. The van der Waals surface area contributed by atoms with E-state index in [1.165, 1.54) is 6.07 Å². The first kappa shape index (κ1) is 26.7. The third-order valence-electron chi connectivity index (χ3n) is 7.41. The monoisotopic (exact) mass is 561 g/mol. The lowest BCUT2D eigenvalue weighted by Crippen LogP contribution is -2.34. The maximum absolute atomic E-state index is 15.2. The maximum Gasteiger partial charge on any atom is 0.296 e. The Labute approximate surface area is 230 Å². The van der Waals surface area contributed by atoms with Crippen LogP contribution in [0.5, 0.6) is 11.8 Å². The van der Waals surface area contributed by atoms with Gasteiger partial charge in [-0.1, -0.05) is 11.6 Å². The van der Waals surface area contributed by atoms with Crippen molar-refractivity contribution in [1.29, 1.82) is 0 Å². The number of halogens is 2. The molecule has 2 aromatic heterocycles. The fourth-order valence-electron chi connectivity index (χ4n) is 5.63. The minimum absolute atomic E-state index is 0.0473. The number of aryl methyl sites for hydroxylation is 1. The van der Waals surface area contributed by atoms with E-state index in [1.807, 2.05) is 26.8 Å². The Kier molecular flexibility index (Phi) is 7.18. The number of hydrogen-bond acceptors (Lipinski definition) is 8. The van der Waals surface area contributed by atoms with Crippen LogP contribution in [0, 0.1) is 5.82 Å². The third kappa shape index (κ3) is 5.58. The van der Waals surface area contributed by atoms with Crippen LogP contribution in [0.3, 0.4) is 0 Å². The molecule has 1 aliphatic carbocycles. The van der Waals surface area contributed by atoms with Crippen molar-refractivity contribution in [1.82, 2.24) is 15.0 Å². The van der Waals surface area contributed by atoms with Gasteiger partial charge >= 0.3 is 0 Å². The Balaban J connectivity index is 1.13. The van der Waals surface area contributed by atoms with Crippen molar-refractivity contribution in [3.63, 3.8) is 0 Å². The number of nitrogens with one attached hydrogen (secondary N) is 1. The highest BCUT2D eigenvalue weighted by Gasteiger charge is 2.48. The minimum atomic E-state index is -0.653. The number of aromatic nitrogens is 3. The molecule has 3 aliphatic rings. The van der Waals surface area contributed by atoms with Crippen LogP contribution in [-0.4, -0.2) is 76.5 Å². The van der Waals surface area contributed by atoms with Crippen molar-refractivity contribution in [2.75, 3.05) is 26.4 Å². The van der Waals surface area contributed by atoms with Crippen LogP contribution in [0.1, 0.15) is 49.9 Å². The number of aromatic amines is 1. The molecule has 3 aromatic rings. The van der Waals surface area contributed by atoms with Crippen LogP contribution in [0.25, 0.3) is 11.2 Å². The summed E-state index contributed by atoms with van der Waals surface area (Å²) in [5.41, 5.74) is 3.17. The lowest BCUT2D eigenvalue weighted by Gasteiger charge is -2.19. The van der Waals surface area contributed by atoms with Crippen molar-refractivity contribution < 1.29 is 33.2 Å². The van der Waals surface area contributed by atoms with Crippen molar-refractivity contribution in [3.8, 4) is 11.8 Å². The average Bonchev–Trinajstić information content (AvgIpc) is 3.63. The number of hydrogen-bond donors (Lipinski definition) is 2.